The van der Waals surface area contributed by atoms with E-state index < -0.39 is 23.5 Å². The van der Waals surface area contributed by atoms with Crippen LogP contribution >= 0.6 is 0 Å². The number of amides is 1. The lowest BCUT2D eigenvalue weighted by Gasteiger charge is -2.37. The molecule has 5 nitrogen and oxygen atoms in total. The Labute approximate surface area is 177 Å². The van der Waals surface area contributed by atoms with E-state index in [0.29, 0.717) is 23.2 Å². The molecule has 0 radical (unpaired) electrons. The predicted molar refractivity (Wildman–Crippen MR) is 111 cm³/mol. The van der Waals surface area contributed by atoms with E-state index in [1.807, 2.05) is 19.9 Å². The van der Waals surface area contributed by atoms with Gasteiger partial charge in [-0.2, -0.15) is 0 Å². The van der Waals surface area contributed by atoms with Crippen molar-refractivity contribution < 1.29 is 32.6 Å². The Hall–Kier alpha value is -3.29. The fourth-order valence-electron chi connectivity index (χ4n) is 3.80. The molecule has 2 aromatic rings. The summed E-state index contributed by atoms with van der Waals surface area (Å²) in [6.45, 7) is 9.10. The fraction of sp³-hybridized carbons (Fsp3) is 0.304. The van der Waals surface area contributed by atoms with Gasteiger partial charge < -0.3 is 14.7 Å². The van der Waals surface area contributed by atoms with Crippen molar-refractivity contribution in [2.24, 2.45) is 0 Å². The zero-order chi connectivity index (χ0) is 23.3. The minimum Gasteiger partial charge on any atom is -0.478 e. The molecule has 164 valence electrons. The number of carboxylic acid groups (broad SMARTS) is 1. The zero-order valence-electron chi connectivity index (χ0n) is 17.6. The van der Waals surface area contributed by atoms with Crippen molar-refractivity contribution in [1.29, 1.82) is 0 Å². The predicted octanol–water partition coefficient (Wildman–Crippen LogP) is 5.30. The number of aryl methyl sites for hydroxylation is 1. The standard InChI is InChI=1S/C23H22F3NO4/c1-12-8-17-18(27(5)20(28)11-22(17,3)4)10-15(12)16-9-14(13(2)21(29)30)6-7-19(16)31-23(24,25)26/h6-10H,2,11H2,1,3-5H3,(H,29,30). The highest BCUT2D eigenvalue weighted by atomic mass is 19.4. The van der Waals surface area contributed by atoms with Crippen LogP contribution < -0.4 is 9.64 Å². The summed E-state index contributed by atoms with van der Waals surface area (Å²) in [5.41, 5.74) is 2.06. The second-order valence-electron chi connectivity index (χ2n) is 8.24. The average Bonchev–Trinajstić information content (AvgIpc) is 2.64. The number of aliphatic carboxylic acids is 1. The van der Waals surface area contributed by atoms with Gasteiger partial charge in [0.15, 0.2) is 0 Å². The second-order valence-corrected chi connectivity index (χ2v) is 8.24. The molecule has 0 saturated carbocycles. The third-order valence-corrected chi connectivity index (χ3v) is 5.50. The molecule has 0 unspecified atom stereocenters. The van der Waals surface area contributed by atoms with Crippen LogP contribution in [0.1, 0.15) is 37.0 Å². The third kappa shape index (κ3) is 4.28. The number of halogens is 3. The maximum Gasteiger partial charge on any atom is 0.573 e. The molecular weight excluding hydrogens is 411 g/mol. The van der Waals surface area contributed by atoms with Gasteiger partial charge in [0.05, 0.1) is 5.57 Å². The SMILES string of the molecule is C=C(C(=O)O)c1ccc(OC(F)(F)F)c(-c2cc3c(cc2C)C(C)(C)CC(=O)N3C)c1. The minimum absolute atomic E-state index is 0.0572. The van der Waals surface area contributed by atoms with Gasteiger partial charge in [0.1, 0.15) is 5.75 Å². The summed E-state index contributed by atoms with van der Waals surface area (Å²) in [6.07, 6.45) is -4.62. The van der Waals surface area contributed by atoms with E-state index in [2.05, 4.69) is 11.3 Å². The molecule has 1 aliphatic rings. The number of anilines is 1. The van der Waals surface area contributed by atoms with Crippen LogP contribution in [0.3, 0.4) is 0 Å². The highest BCUT2D eigenvalue weighted by Crippen LogP contribution is 2.45. The molecule has 1 amide bonds. The number of fused-ring (bicyclic) bond motifs is 1. The lowest BCUT2D eigenvalue weighted by atomic mass is 9.76. The van der Waals surface area contributed by atoms with Crippen molar-refractivity contribution in [3.05, 3.63) is 53.6 Å². The molecule has 0 bridgehead atoms. The van der Waals surface area contributed by atoms with Gasteiger partial charge >= 0.3 is 12.3 Å². The molecule has 3 rings (SSSR count). The molecule has 0 aliphatic carbocycles. The number of hydrogen-bond donors (Lipinski definition) is 1. The Kier molecular flexibility index (Phi) is 5.38. The van der Waals surface area contributed by atoms with E-state index in [4.69, 9.17) is 0 Å². The first-order valence-corrected chi connectivity index (χ1v) is 9.45. The number of carbonyl (C=O) groups is 2. The van der Waals surface area contributed by atoms with Crippen molar-refractivity contribution in [2.45, 2.75) is 39.0 Å². The Bertz CT molecular complexity index is 1100. The van der Waals surface area contributed by atoms with E-state index in [-0.39, 0.29) is 22.6 Å². The maximum atomic E-state index is 13.0. The molecule has 31 heavy (non-hydrogen) atoms. The van der Waals surface area contributed by atoms with Crippen LogP contribution in [0, 0.1) is 6.92 Å². The normalized spacial score (nSPS) is 15.5. The first kappa shape index (κ1) is 22.4. The Morgan fingerprint density at radius 2 is 1.84 bits per heavy atom. The summed E-state index contributed by atoms with van der Waals surface area (Å²) >= 11 is 0. The van der Waals surface area contributed by atoms with E-state index >= 15 is 0 Å². The van der Waals surface area contributed by atoms with Gasteiger partial charge in [-0.3, -0.25) is 4.79 Å². The van der Waals surface area contributed by atoms with E-state index in [9.17, 15) is 27.9 Å². The monoisotopic (exact) mass is 433 g/mol. The maximum absolute atomic E-state index is 13.0. The van der Waals surface area contributed by atoms with Crippen molar-refractivity contribution >= 4 is 23.1 Å². The van der Waals surface area contributed by atoms with Crippen LogP contribution in [0.25, 0.3) is 16.7 Å². The number of carbonyl (C=O) groups excluding carboxylic acids is 1. The molecular formula is C23H22F3NO4. The molecule has 0 atom stereocenters. The highest BCUT2D eigenvalue weighted by molar-refractivity contribution is 6.14. The van der Waals surface area contributed by atoms with Crippen molar-refractivity contribution in [3.8, 4) is 16.9 Å². The average molecular weight is 433 g/mol. The summed E-state index contributed by atoms with van der Waals surface area (Å²) in [5, 5.41) is 9.23. The molecule has 8 heteroatoms. The second kappa shape index (κ2) is 7.44. The summed E-state index contributed by atoms with van der Waals surface area (Å²) < 4.78 is 43.3. The van der Waals surface area contributed by atoms with Gasteiger partial charge in [-0.05, 0) is 47.4 Å². The molecule has 0 spiro atoms. The van der Waals surface area contributed by atoms with Crippen LogP contribution in [0.5, 0.6) is 5.75 Å². The van der Waals surface area contributed by atoms with E-state index in [1.54, 1.807) is 20.0 Å². The highest BCUT2D eigenvalue weighted by Gasteiger charge is 2.36. The Balaban J connectivity index is 2.28. The first-order chi connectivity index (χ1) is 14.2. The van der Waals surface area contributed by atoms with Crippen molar-refractivity contribution in [2.75, 3.05) is 11.9 Å². The number of ether oxygens (including phenoxy) is 1. The minimum atomic E-state index is -4.93. The summed E-state index contributed by atoms with van der Waals surface area (Å²) in [5.74, 6) is -1.86. The molecule has 1 N–H and O–H groups in total. The van der Waals surface area contributed by atoms with Crippen molar-refractivity contribution in [1.82, 2.24) is 0 Å². The zero-order valence-corrected chi connectivity index (χ0v) is 17.6. The van der Waals surface area contributed by atoms with E-state index in [1.165, 1.54) is 17.0 Å². The fourth-order valence-corrected chi connectivity index (χ4v) is 3.80. The quantitative estimate of drug-likeness (QED) is 0.665. The lowest BCUT2D eigenvalue weighted by molar-refractivity contribution is -0.274. The van der Waals surface area contributed by atoms with Gasteiger partial charge in [0, 0.05) is 30.1 Å². The number of alkyl halides is 3. The molecule has 0 fully saturated rings. The van der Waals surface area contributed by atoms with Gasteiger partial charge in [-0.25, -0.2) is 4.79 Å². The molecule has 2 aromatic carbocycles. The van der Waals surface area contributed by atoms with Crippen LogP contribution in [0.2, 0.25) is 0 Å². The van der Waals surface area contributed by atoms with Gasteiger partial charge in [-0.1, -0.05) is 32.6 Å². The van der Waals surface area contributed by atoms with E-state index in [0.717, 1.165) is 11.6 Å². The van der Waals surface area contributed by atoms with Crippen LogP contribution in [0.4, 0.5) is 18.9 Å². The Morgan fingerprint density at radius 3 is 2.42 bits per heavy atom. The summed E-state index contributed by atoms with van der Waals surface area (Å²) in [6, 6.07) is 7.10. The van der Waals surface area contributed by atoms with Gasteiger partial charge in [-0.15, -0.1) is 13.2 Å². The van der Waals surface area contributed by atoms with Crippen LogP contribution in [0.15, 0.2) is 36.9 Å². The van der Waals surface area contributed by atoms with Crippen molar-refractivity contribution in [3.63, 3.8) is 0 Å². The molecule has 0 aromatic heterocycles. The number of benzene rings is 2. The smallest absolute Gasteiger partial charge is 0.478 e. The topological polar surface area (TPSA) is 66.8 Å². The first-order valence-electron chi connectivity index (χ1n) is 9.45. The van der Waals surface area contributed by atoms with Crippen LogP contribution in [-0.2, 0) is 15.0 Å². The molecule has 0 saturated heterocycles. The van der Waals surface area contributed by atoms with Gasteiger partial charge in [0.25, 0.3) is 0 Å². The molecule has 1 aliphatic heterocycles. The largest absolute Gasteiger partial charge is 0.573 e. The number of hydrogen-bond acceptors (Lipinski definition) is 3. The number of carboxylic acids is 1. The number of nitrogens with zero attached hydrogens (tertiary/aromatic N) is 1. The van der Waals surface area contributed by atoms with Crippen LogP contribution in [-0.4, -0.2) is 30.4 Å². The Morgan fingerprint density at radius 1 is 1.19 bits per heavy atom. The third-order valence-electron chi connectivity index (χ3n) is 5.50. The molecule has 1 heterocycles. The summed E-state index contributed by atoms with van der Waals surface area (Å²) in [4.78, 5) is 25.2. The van der Waals surface area contributed by atoms with Gasteiger partial charge in [0.2, 0.25) is 5.91 Å². The number of rotatable bonds is 4. The summed E-state index contributed by atoms with van der Waals surface area (Å²) in [7, 11) is 1.62. The lowest BCUT2D eigenvalue weighted by Crippen LogP contribution is -2.39.